The number of imide groups is 1. The van der Waals surface area contributed by atoms with Gasteiger partial charge in [0, 0.05) is 59.0 Å². The summed E-state index contributed by atoms with van der Waals surface area (Å²) >= 11 is 0.898. The number of carbonyl (C=O) groups is 10. The zero-order valence-corrected chi connectivity index (χ0v) is 45.7. The number of pyridine rings is 2. The van der Waals surface area contributed by atoms with Gasteiger partial charge in [0.2, 0.25) is 40.6 Å². The second-order valence-corrected chi connectivity index (χ2v) is 21.8. The van der Waals surface area contributed by atoms with Crippen LogP contribution < -0.4 is 42.8 Å². The van der Waals surface area contributed by atoms with Gasteiger partial charge in [-0.3, -0.25) is 57.6 Å². The van der Waals surface area contributed by atoms with Crippen LogP contribution >= 0.6 is 11.8 Å². The van der Waals surface area contributed by atoms with E-state index in [1.54, 1.807) is 54.8 Å². The Labute approximate surface area is 472 Å². The van der Waals surface area contributed by atoms with Crippen molar-refractivity contribution in [2.45, 2.75) is 101 Å². The Morgan fingerprint density at radius 1 is 0.866 bits per heavy atom. The van der Waals surface area contributed by atoms with Crippen LogP contribution in [0.2, 0.25) is 0 Å². The molecule has 1 unspecified atom stereocenters. The maximum absolute atomic E-state index is 15.6. The average molecular weight is 1150 g/mol. The number of aliphatic carboxylic acids is 1. The number of aliphatic hydroxyl groups is 1. The molecule has 2 aromatic carbocycles. The van der Waals surface area contributed by atoms with Gasteiger partial charge in [-0.25, -0.2) is 9.37 Å². The Bertz CT molecular complexity index is 3400. The zero-order chi connectivity index (χ0) is 58.6. The molecular weight excluding hydrogens is 1090 g/mol. The molecule has 8 amide bonds. The number of halogens is 1. The van der Waals surface area contributed by atoms with Crippen molar-refractivity contribution in [3.05, 3.63) is 110 Å². The molecule has 26 heteroatoms. The third kappa shape index (κ3) is 11.9. The maximum Gasteiger partial charge on any atom is 0.317 e. The Kier molecular flexibility index (Phi) is 17.5. The first-order valence-corrected chi connectivity index (χ1v) is 27.8. The van der Waals surface area contributed by atoms with Gasteiger partial charge in [-0.2, -0.15) is 0 Å². The summed E-state index contributed by atoms with van der Waals surface area (Å²) in [6, 6.07) is 8.34. The predicted molar refractivity (Wildman–Crippen MR) is 291 cm³/mol. The van der Waals surface area contributed by atoms with Gasteiger partial charge in [-0.1, -0.05) is 61.9 Å². The number of hydrogen-bond acceptors (Lipinski definition) is 16. The van der Waals surface area contributed by atoms with Crippen molar-refractivity contribution in [2.24, 2.45) is 5.41 Å². The summed E-state index contributed by atoms with van der Waals surface area (Å²) in [6.07, 6.45) is 5.20. The van der Waals surface area contributed by atoms with Gasteiger partial charge in [0.05, 0.1) is 67.7 Å². The number of carboxylic acids is 1. The number of benzene rings is 2. The molecule has 2 aliphatic carbocycles. The minimum atomic E-state index is -1.87. The molecule has 2 aromatic heterocycles. The topological polar surface area (TPSA) is 343 Å². The number of carboxylic acid groups (broad SMARTS) is 1. The lowest BCUT2D eigenvalue weighted by Gasteiger charge is -2.34. The van der Waals surface area contributed by atoms with E-state index in [9.17, 15) is 57.8 Å². The van der Waals surface area contributed by atoms with Crippen molar-refractivity contribution in [3.63, 3.8) is 0 Å². The Morgan fingerprint density at radius 2 is 1.55 bits per heavy atom. The third-order valence-corrected chi connectivity index (χ3v) is 16.8. The van der Waals surface area contributed by atoms with Crippen LogP contribution in [0.4, 0.5) is 4.39 Å². The number of aromatic nitrogens is 2. The number of carbonyl (C=O) groups excluding carboxylic acids is 9. The molecule has 4 atom stereocenters. The van der Waals surface area contributed by atoms with Gasteiger partial charge >= 0.3 is 5.97 Å². The number of rotatable bonds is 23. The number of nitrogens with zero attached hydrogens (tertiary/aromatic N) is 3. The highest BCUT2D eigenvalue weighted by Gasteiger charge is 2.46. The quantitative estimate of drug-likeness (QED) is 0.0237. The Hall–Kier alpha value is -8.20. The van der Waals surface area contributed by atoms with Gasteiger partial charge in [0.15, 0.2) is 5.60 Å². The van der Waals surface area contributed by atoms with Gasteiger partial charge in [0.25, 0.3) is 17.4 Å². The Morgan fingerprint density at radius 3 is 2.24 bits per heavy atom. The number of ether oxygens (including phenoxy) is 1. The highest BCUT2D eigenvalue weighted by molar-refractivity contribution is 8.13. The van der Waals surface area contributed by atoms with Crippen molar-refractivity contribution < 1.29 is 67.3 Å². The van der Waals surface area contributed by atoms with Crippen LogP contribution in [0.25, 0.3) is 22.3 Å². The van der Waals surface area contributed by atoms with E-state index in [1.165, 1.54) is 6.07 Å². The highest BCUT2D eigenvalue weighted by atomic mass is 32.2. The molecule has 3 aliphatic heterocycles. The molecule has 0 saturated heterocycles. The number of nitrogens with one attached hydrogen (secondary N) is 7. The molecule has 1 saturated carbocycles. The molecule has 5 heterocycles. The van der Waals surface area contributed by atoms with Crippen LogP contribution in [0.5, 0.6) is 0 Å². The summed E-state index contributed by atoms with van der Waals surface area (Å²) < 4.78 is 23.1. The summed E-state index contributed by atoms with van der Waals surface area (Å²) in [7, 11) is 0. The van der Waals surface area contributed by atoms with E-state index < -0.39 is 120 Å². The van der Waals surface area contributed by atoms with Gasteiger partial charge < -0.3 is 56.7 Å². The van der Waals surface area contributed by atoms with Gasteiger partial charge in [-0.15, -0.1) is 0 Å². The molecule has 24 nitrogen and oxygen atoms in total. The monoisotopic (exact) mass is 1150 g/mol. The van der Waals surface area contributed by atoms with E-state index in [4.69, 9.17) is 14.8 Å². The van der Waals surface area contributed by atoms with Crippen molar-refractivity contribution in [3.8, 4) is 11.4 Å². The molecule has 0 radical (unpaired) electrons. The maximum atomic E-state index is 15.6. The van der Waals surface area contributed by atoms with Crippen LogP contribution in [-0.2, 0) is 83.4 Å². The average Bonchev–Trinajstić information content (AvgIpc) is 4.28. The van der Waals surface area contributed by atoms with Gasteiger partial charge in [0.1, 0.15) is 24.6 Å². The number of thioether (sulfide) groups is 1. The number of fused-ring (bicyclic) bond motifs is 5. The first kappa shape index (κ1) is 58.5. The fourth-order valence-electron chi connectivity index (χ4n) is 11.4. The number of hydrogen-bond donors (Lipinski definition) is 9. The summed E-state index contributed by atoms with van der Waals surface area (Å²) in [4.78, 5) is 148. The fourth-order valence-corrected chi connectivity index (χ4v) is 12.4. The minimum Gasteiger partial charge on any atom is -0.480 e. The standard InChI is InChI=1S/C56H61FN10O14S/c1-3-56(80)34-18-39-49-32(25-66(39)52(77)33(34)26-82-54(56)79)48-36(12-11-31-29(2)35(57)19-37(64-49)47(31)48)65-53(78)55(15-7-8-16-55)27-81-28-62-42(69)22-60-50(75)38(17-30-9-5-4-6-10-30)63-43(70)23-59-41(68)21-61-51(76)40(20-58-24-46(73)74)67-44(71)13-14-45(67)72/h4-6,9-10,13-14,18-19,36,38,40,58,80H,3,7-8,11-12,15-17,20-28H2,1-2H3,(H,59,68)(H,60,75)(H,61,76)(H,62,69)(H,63,70)(H,65,78)(H,73,74)/t36-,38?,40+,56-/m0/s1. The lowest BCUT2D eigenvalue weighted by atomic mass is 9.80. The zero-order valence-electron chi connectivity index (χ0n) is 44.9. The minimum absolute atomic E-state index is 0.0143. The number of aryl methyl sites for hydroxylation is 1. The van der Waals surface area contributed by atoms with Crippen LogP contribution in [0.15, 0.2) is 59.4 Å². The van der Waals surface area contributed by atoms with Crippen molar-refractivity contribution >= 4 is 81.0 Å². The molecule has 82 heavy (non-hydrogen) atoms. The molecule has 0 spiro atoms. The van der Waals surface area contributed by atoms with E-state index in [-0.39, 0.29) is 55.5 Å². The molecule has 1 fully saturated rings. The molecule has 9 rings (SSSR count). The van der Waals surface area contributed by atoms with Crippen molar-refractivity contribution in [1.82, 2.24) is 51.7 Å². The van der Waals surface area contributed by atoms with E-state index in [1.807, 2.05) is 0 Å². The lowest BCUT2D eigenvalue weighted by Crippen LogP contribution is -2.56. The van der Waals surface area contributed by atoms with Crippen molar-refractivity contribution in [1.29, 1.82) is 0 Å². The lowest BCUT2D eigenvalue weighted by molar-refractivity contribution is -0.145. The molecule has 4 aromatic rings. The fraction of sp³-hybridized carbons (Fsp3) is 0.429. The van der Waals surface area contributed by atoms with Crippen LogP contribution in [0.3, 0.4) is 0 Å². The Balaban J connectivity index is 0.797. The van der Waals surface area contributed by atoms with E-state index in [0.29, 0.717) is 75.1 Å². The van der Waals surface area contributed by atoms with Gasteiger partial charge in [-0.05, 0) is 67.3 Å². The second kappa shape index (κ2) is 24.5. The molecule has 0 bridgehead atoms. The van der Waals surface area contributed by atoms with E-state index in [2.05, 4.69) is 37.2 Å². The van der Waals surface area contributed by atoms with Crippen LogP contribution in [0.1, 0.15) is 90.4 Å². The SMILES string of the molecule is CC[C@@]1(O)C(=O)SCc2c1cc1n(c2=O)Cc2c-1nc1cc(F)c(C)c3c1c2[C@@H](NC(=O)C1(COCNC(=O)CNC(=O)C(Cc2ccccc2)NC(=O)CNC(=O)CNC(=O)[C@@H](CNCC(=O)O)N2C(=O)C=CC2=O)CCCC1)CC3. The third-order valence-electron chi connectivity index (χ3n) is 15.8. The highest BCUT2D eigenvalue weighted by Crippen LogP contribution is 2.48. The molecule has 432 valence electrons. The smallest absolute Gasteiger partial charge is 0.317 e. The normalized spacial score (nSPS) is 19.0. The summed E-state index contributed by atoms with van der Waals surface area (Å²) in [5, 5.41) is 38.7. The molecule has 9 N–H and O–H groups in total. The van der Waals surface area contributed by atoms with Crippen molar-refractivity contribution in [2.75, 3.05) is 46.1 Å². The summed E-state index contributed by atoms with van der Waals surface area (Å²) in [6.45, 7) is 0.193. The first-order chi connectivity index (χ1) is 39.2. The van der Waals surface area contributed by atoms with Crippen LogP contribution in [-0.4, -0.2) is 141 Å². The molecular formula is C56H61FN10O14S. The van der Waals surface area contributed by atoms with Crippen LogP contribution in [0, 0.1) is 18.2 Å². The summed E-state index contributed by atoms with van der Waals surface area (Å²) in [5.74, 6) is -7.53. The molecule has 5 aliphatic rings. The second-order valence-electron chi connectivity index (χ2n) is 20.9. The number of amides is 8. The van der Waals surface area contributed by atoms with E-state index >= 15 is 4.39 Å². The first-order valence-electron chi connectivity index (χ1n) is 26.8. The van der Waals surface area contributed by atoms with E-state index in [0.717, 1.165) is 47.9 Å². The summed E-state index contributed by atoms with van der Waals surface area (Å²) in [5.41, 5.74) is 1.78. The predicted octanol–water partition coefficient (Wildman–Crippen LogP) is 0.0418. The largest absolute Gasteiger partial charge is 0.480 e.